The molecule has 1 aliphatic heterocycles. The van der Waals surface area contributed by atoms with Crippen LogP contribution >= 0.6 is 0 Å². The van der Waals surface area contributed by atoms with Gasteiger partial charge in [-0.1, -0.05) is 29.8 Å². The number of nitrogens with zero attached hydrogens (tertiary/aromatic N) is 2. The summed E-state index contributed by atoms with van der Waals surface area (Å²) in [7, 11) is -4.22. The number of hydrogen-bond acceptors (Lipinski definition) is 4. The number of amides is 2. The fraction of sp³-hybridized carbons (Fsp3) is 0.200. The summed E-state index contributed by atoms with van der Waals surface area (Å²) in [6.45, 7) is 1.85. The number of halogens is 1. The maximum atomic E-state index is 14.6. The predicted molar refractivity (Wildman–Crippen MR) is 129 cm³/mol. The monoisotopic (exact) mass is 481 g/mol. The summed E-state index contributed by atoms with van der Waals surface area (Å²) in [4.78, 5) is 26.4. The SMILES string of the molecule is Cc1ccc(S(=O)(=O)N(CC(=O)Nc2ccc(N3CCCC3=O)cc2)c2ccccc2F)cc1. The summed E-state index contributed by atoms with van der Waals surface area (Å²) in [6.07, 6.45) is 1.32. The minimum atomic E-state index is -4.22. The van der Waals surface area contributed by atoms with Gasteiger partial charge in [0.1, 0.15) is 12.4 Å². The van der Waals surface area contributed by atoms with Crippen molar-refractivity contribution in [2.24, 2.45) is 0 Å². The van der Waals surface area contributed by atoms with Crippen LogP contribution in [0.25, 0.3) is 0 Å². The number of rotatable bonds is 7. The molecular formula is C25H24FN3O4S. The lowest BCUT2D eigenvalue weighted by Gasteiger charge is -2.24. The molecule has 0 unspecified atom stereocenters. The number of carbonyl (C=O) groups is 2. The first-order valence-corrected chi connectivity index (χ1v) is 12.2. The predicted octanol–water partition coefficient (Wildman–Crippen LogP) is 4.09. The van der Waals surface area contributed by atoms with E-state index in [0.717, 1.165) is 28.0 Å². The van der Waals surface area contributed by atoms with Crippen molar-refractivity contribution < 1.29 is 22.4 Å². The van der Waals surface area contributed by atoms with Gasteiger partial charge in [0.15, 0.2) is 0 Å². The minimum Gasteiger partial charge on any atom is -0.325 e. The van der Waals surface area contributed by atoms with E-state index in [4.69, 9.17) is 0 Å². The van der Waals surface area contributed by atoms with Crippen molar-refractivity contribution in [3.63, 3.8) is 0 Å². The first-order valence-electron chi connectivity index (χ1n) is 10.8. The summed E-state index contributed by atoms with van der Waals surface area (Å²) < 4.78 is 42.0. The van der Waals surface area contributed by atoms with Crippen LogP contribution in [0.3, 0.4) is 0 Å². The van der Waals surface area contributed by atoms with Gasteiger partial charge >= 0.3 is 0 Å². The zero-order valence-corrected chi connectivity index (χ0v) is 19.4. The molecule has 0 aromatic heterocycles. The van der Waals surface area contributed by atoms with E-state index >= 15 is 0 Å². The van der Waals surface area contributed by atoms with Gasteiger partial charge in [-0.15, -0.1) is 0 Å². The van der Waals surface area contributed by atoms with E-state index in [1.807, 2.05) is 6.92 Å². The highest BCUT2D eigenvalue weighted by atomic mass is 32.2. The summed E-state index contributed by atoms with van der Waals surface area (Å²) in [6, 6.07) is 18.3. The molecule has 1 saturated heterocycles. The van der Waals surface area contributed by atoms with Gasteiger partial charge in [0.25, 0.3) is 10.0 Å². The Morgan fingerprint density at radius 1 is 1.03 bits per heavy atom. The maximum Gasteiger partial charge on any atom is 0.264 e. The molecule has 1 N–H and O–H groups in total. The lowest BCUT2D eigenvalue weighted by atomic mass is 10.2. The molecule has 3 aromatic carbocycles. The average molecular weight is 482 g/mol. The van der Waals surface area contributed by atoms with Crippen molar-refractivity contribution in [3.8, 4) is 0 Å². The summed E-state index contributed by atoms with van der Waals surface area (Å²) >= 11 is 0. The van der Waals surface area contributed by atoms with Crippen molar-refractivity contribution in [2.75, 3.05) is 27.6 Å². The van der Waals surface area contributed by atoms with Crippen molar-refractivity contribution >= 4 is 38.9 Å². The van der Waals surface area contributed by atoms with Crippen molar-refractivity contribution in [2.45, 2.75) is 24.7 Å². The van der Waals surface area contributed by atoms with Crippen LogP contribution < -0.4 is 14.5 Å². The topological polar surface area (TPSA) is 86.8 Å². The highest BCUT2D eigenvalue weighted by Crippen LogP contribution is 2.27. The molecule has 9 heteroatoms. The second-order valence-electron chi connectivity index (χ2n) is 8.02. The Kier molecular flexibility index (Phi) is 6.65. The average Bonchev–Trinajstić information content (AvgIpc) is 3.24. The summed E-state index contributed by atoms with van der Waals surface area (Å²) in [5, 5.41) is 2.65. The van der Waals surface area contributed by atoms with E-state index in [1.54, 1.807) is 41.3 Å². The van der Waals surface area contributed by atoms with Crippen molar-refractivity contribution in [1.29, 1.82) is 0 Å². The van der Waals surface area contributed by atoms with Crippen LogP contribution in [0.5, 0.6) is 0 Å². The minimum absolute atomic E-state index is 0.0474. The molecule has 7 nitrogen and oxygen atoms in total. The Morgan fingerprint density at radius 3 is 2.32 bits per heavy atom. The van der Waals surface area contributed by atoms with Crippen LogP contribution in [-0.4, -0.2) is 33.3 Å². The Morgan fingerprint density at radius 2 is 1.71 bits per heavy atom. The van der Waals surface area contributed by atoms with Gasteiger partial charge in [0.2, 0.25) is 11.8 Å². The second kappa shape index (κ2) is 9.64. The number of sulfonamides is 1. The van der Waals surface area contributed by atoms with Crippen LogP contribution in [0, 0.1) is 12.7 Å². The second-order valence-corrected chi connectivity index (χ2v) is 9.88. The zero-order valence-electron chi connectivity index (χ0n) is 18.6. The highest BCUT2D eigenvalue weighted by Gasteiger charge is 2.29. The Hall–Kier alpha value is -3.72. The molecule has 0 bridgehead atoms. The quantitative estimate of drug-likeness (QED) is 0.551. The van der Waals surface area contributed by atoms with E-state index in [-0.39, 0.29) is 16.5 Å². The standard InChI is InChI=1S/C25H24FN3O4S/c1-18-8-14-21(15-9-18)34(32,33)29(23-6-3-2-5-22(23)26)17-24(30)27-19-10-12-20(13-11-19)28-16-4-7-25(28)31/h2-3,5-6,8-15H,4,7,16-17H2,1H3,(H,27,30). The van der Waals surface area contributed by atoms with Crippen LogP contribution in [-0.2, 0) is 19.6 Å². The van der Waals surface area contributed by atoms with E-state index in [2.05, 4.69) is 5.32 Å². The number of hydrogen-bond donors (Lipinski definition) is 1. The fourth-order valence-corrected chi connectivity index (χ4v) is 5.20. The Bertz CT molecular complexity index is 1310. The Balaban J connectivity index is 1.57. The van der Waals surface area contributed by atoms with Gasteiger partial charge in [-0.3, -0.25) is 13.9 Å². The fourth-order valence-electron chi connectivity index (χ4n) is 3.77. The third-order valence-corrected chi connectivity index (χ3v) is 7.33. The Labute approximate surface area is 197 Å². The molecule has 0 aliphatic carbocycles. The molecule has 3 aromatic rings. The van der Waals surface area contributed by atoms with Gasteiger partial charge in [-0.25, -0.2) is 12.8 Å². The molecule has 2 amide bonds. The molecule has 0 atom stereocenters. The third kappa shape index (κ3) is 4.94. The van der Waals surface area contributed by atoms with E-state index in [0.29, 0.717) is 18.7 Å². The largest absolute Gasteiger partial charge is 0.325 e. The molecule has 1 heterocycles. The van der Waals surface area contributed by atoms with Crippen molar-refractivity contribution in [3.05, 3.63) is 84.2 Å². The van der Waals surface area contributed by atoms with E-state index in [1.165, 1.54) is 30.3 Å². The molecular weight excluding hydrogens is 457 g/mol. The summed E-state index contributed by atoms with van der Waals surface area (Å²) in [5.74, 6) is -1.34. The normalized spacial score (nSPS) is 13.7. The van der Waals surface area contributed by atoms with Crippen LogP contribution in [0.1, 0.15) is 18.4 Å². The molecule has 34 heavy (non-hydrogen) atoms. The lowest BCUT2D eigenvalue weighted by Crippen LogP contribution is -2.38. The van der Waals surface area contributed by atoms with Crippen molar-refractivity contribution in [1.82, 2.24) is 0 Å². The van der Waals surface area contributed by atoms with Crippen LogP contribution in [0.15, 0.2) is 77.7 Å². The van der Waals surface area contributed by atoms with Crippen LogP contribution in [0.2, 0.25) is 0 Å². The number of aryl methyl sites for hydroxylation is 1. The highest BCUT2D eigenvalue weighted by molar-refractivity contribution is 7.92. The lowest BCUT2D eigenvalue weighted by molar-refractivity contribution is -0.117. The van der Waals surface area contributed by atoms with Gasteiger partial charge in [0, 0.05) is 24.3 Å². The zero-order chi connectivity index (χ0) is 24.3. The number of benzene rings is 3. The maximum absolute atomic E-state index is 14.6. The molecule has 1 aliphatic rings. The van der Waals surface area contributed by atoms with Crippen LogP contribution in [0.4, 0.5) is 21.5 Å². The molecule has 0 spiro atoms. The van der Waals surface area contributed by atoms with E-state index in [9.17, 15) is 22.4 Å². The third-order valence-electron chi connectivity index (χ3n) is 5.55. The van der Waals surface area contributed by atoms with Gasteiger partial charge < -0.3 is 10.2 Å². The number of nitrogens with one attached hydrogen (secondary N) is 1. The molecule has 4 rings (SSSR count). The number of para-hydroxylation sites is 1. The molecule has 0 radical (unpaired) electrons. The smallest absolute Gasteiger partial charge is 0.264 e. The number of carbonyl (C=O) groups excluding carboxylic acids is 2. The first-order chi connectivity index (χ1) is 16.3. The van der Waals surface area contributed by atoms with Gasteiger partial charge in [0.05, 0.1) is 10.6 Å². The molecule has 1 fully saturated rings. The molecule has 176 valence electrons. The first kappa shape index (κ1) is 23.4. The van der Waals surface area contributed by atoms with E-state index < -0.39 is 28.3 Å². The summed E-state index contributed by atoms with van der Waals surface area (Å²) in [5.41, 5.74) is 1.81. The number of anilines is 3. The molecule has 0 saturated carbocycles. The van der Waals surface area contributed by atoms with Gasteiger partial charge in [-0.05, 0) is 61.9 Å². The van der Waals surface area contributed by atoms with Gasteiger partial charge in [-0.2, -0.15) is 0 Å².